The molecule has 1 unspecified atom stereocenters. The molecule has 0 heterocycles. The maximum Gasteiger partial charge on any atom is 0.253 e. The lowest BCUT2D eigenvalue weighted by Gasteiger charge is -2.15. The highest BCUT2D eigenvalue weighted by Crippen LogP contribution is 2.17. The van der Waals surface area contributed by atoms with Gasteiger partial charge in [0.1, 0.15) is 5.82 Å². The lowest BCUT2D eigenvalue weighted by molar-refractivity contribution is 0.0945. The fourth-order valence-corrected chi connectivity index (χ4v) is 1.62. The normalized spacial score (nSPS) is 13.2. The van der Waals surface area contributed by atoms with Gasteiger partial charge in [-0.1, -0.05) is 23.7 Å². The number of carbonyl (C=O) groups excluding carboxylic acids is 1. The second-order valence-corrected chi connectivity index (χ2v) is 3.99. The molecule has 1 aromatic rings. The van der Waals surface area contributed by atoms with Gasteiger partial charge >= 0.3 is 0 Å². The molecule has 7 heteroatoms. The topological polar surface area (TPSA) is 87.7 Å². The quantitative estimate of drug-likeness (QED) is 0.338. The number of carbonyl (C=O) groups is 1. The minimum Gasteiger partial charge on any atom is -0.409 e. The number of hydrogen-bond donors (Lipinski definition) is 3. The summed E-state index contributed by atoms with van der Waals surface area (Å²) >= 11 is 5.75. The van der Waals surface area contributed by atoms with Crippen LogP contribution in [-0.2, 0) is 0 Å². The van der Waals surface area contributed by atoms with Crippen LogP contribution in [0.1, 0.15) is 23.7 Å². The van der Waals surface area contributed by atoms with E-state index < -0.39 is 17.8 Å². The summed E-state index contributed by atoms with van der Waals surface area (Å²) in [7, 11) is 0. The van der Waals surface area contributed by atoms with Gasteiger partial charge < -0.3 is 16.3 Å². The number of amides is 1. The highest BCUT2D eigenvalue weighted by atomic mass is 35.5. The van der Waals surface area contributed by atoms with E-state index in [4.69, 9.17) is 22.5 Å². The first-order valence-corrected chi connectivity index (χ1v) is 5.60. The van der Waals surface area contributed by atoms with Crippen molar-refractivity contribution in [1.29, 1.82) is 0 Å². The van der Waals surface area contributed by atoms with E-state index >= 15 is 0 Å². The molecule has 0 aliphatic carbocycles. The highest BCUT2D eigenvalue weighted by molar-refractivity contribution is 6.33. The Morgan fingerprint density at radius 2 is 2.33 bits per heavy atom. The van der Waals surface area contributed by atoms with Gasteiger partial charge in [0, 0.05) is 0 Å². The van der Waals surface area contributed by atoms with Gasteiger partial charge in [-0.05, 0) is 24.6 Å². The van der Waals surface area contributed by atoms with E-state index in [9.17, 15) is 9.18 Å². The van der Waals surface area contributed by atoms with E-state index in [2.05, 4.69) is 10.5 Å². The van der Waals surface area contributed by atoms with Gasteiger partial charge in [-0.2, -0.15) is 0 Å². The Morgan fingerprint density at radius 3 is 2.83 bits per heavy atom. The van der Waals surface area contributed by atoms with Crippen LogP contribution in [0.25, 0.3) is 0 Å². The standard InChI is InChI=1S/C11H13ClFN3O2/c1-2-9(10(14)16-18)15-11(17)7-4-3-6(13)5-8(7)12/h3-5,9,18H,2H2,1H3,(H2,14,16)(H,15,17). The third-order valence-corrected chi connectivity index (χ3v) is 2.67. The van der Waals surface area contributed by atoms with Gasteiger partial charge in [0.25, 0.3) is 5.91 Å². The van der Waals surface area contributed by atoms with Crippen LogP contribution in [0.2, 0.25) is 5.02 Å². The molecule has 0 spiro atoms. The number of nitrogens with zero attached hydrogens (tertiary/aromatic N) is 1. The van der Waals surface area contributed by atoms with Crippen LogP contribution in [0.4, 0.5) is 4.39 Å². The average Bonchev–Trinajstić information content (AvgIpc) is 2.34. The maximum absolute atomic E-state index is 12.8. The molecule has 1 atom stereocenters. The molecule has 1 aromatic carbocycles. The molecule has 0 aliphatic heterocycles. The second-order valence-electron chi connectivity index (χ2n) is 3.58. The molecule has 98 valence electrons. The lowest BCUT2D eigenvalue weighted by atomic mass is 10.1. The number of amidine groups is 1. The number of rotatable bonds is 4. The summed E-state index contributed by atoms with van der Waals surface area (Å²) < 4.78 is 12.8. The molecule has 0 fully saturated rings. The van der Waals surface area contributed by atoms with Crippen LogP contribution >= 0.6 is 11.6 Å². The summed E-state index contributed by atoms with van der Waals surface area (Å²) in [4.78, 5) is 11.9. The Labute approximate surface area is 108 Å². The van der Waals surface area contributed by atoms with E-state index in [1.165, 1.54) is 6.07 Å². The highest BCUT2D eigenvalue weighted by Gasteiger charge is 2.18. The first-order chi connectivity index (χ1) is 8.49. The largest absolute Gasteiger partial charge is 0.409 e. The van der Waals surface area contributed by atoms with Gasteiger partial charge in [0.05, 0.1) is 16.6 Å². The monoisotopic (exact) mass is 273 g/mol. The average molecular weight is 274 g/mol. The van der Waals surface area contributed by atoms with Crippen molar-refractivity contribution in [3.63, 3.8) is 0 Å². The molecule has 0 aliphatic rings. The minimum atomic E-state index is -0.608. The Kier molecular flexibility index (Phi) is 4.91. The Bertz CT molecular complexity index is 479. The molecule has 0 radical (unpaired) electrons. The summed E-state index contributed by atoms with van der Waals surface area (Å²) in [5, 5.41) is 13.9. The molecule has 0 saturated carbocycles. The third kappa shape index (κ3) is 3.33. The number of hydrogen-bond acceptors (Lipinski definition) is 3. The smallest absolute Gasteiger partial charge is 0.253 e. The molecule has 0 bridgehead atoms. The van der Waals surface area contributed by atoms with E-state index in [1.54, 1.807) is 6.92 Å². The van der Waals surface area contributed by atoms with Crippen molar-refractivity contribution in [1.82, 2.24) is 5.32 Å². The molecule has 0 saturated heterocycles. The third-order valence-electron chi connectivity index (χ3n) is 2.36. The summed E-state index contributed by atoms with van der Waals surface area (Å²) in [5.74, 6) is -1.15. The minimum absolute atomic E-state index is 0.00172. The Balaban J connectivity index is 2.88. The summed E-state index contributed by atoms with van der Waals surface area (Å²) in [6.45, 7) is 1.76. The summed E-state index contributed by atoms with van der Waals surface area (Å²) in [6, 6.07) is 2.83. The van der Waals surface area contributed by atoms with Crippen LogP contribution in [0, 0.1) is 5.82 Å². The number of oxime groups is 1. The van der Waals surface area contributed by atoms with Crippen molar-refractivity contribution < 1.29 is 14.4 Å². The van der Waals surface area contributed by atoms with Crippen molar-refractivity contribution in [3.8, 4) is 0 Å². The molecule has 18 heavy (non-hydrogen) atoms. The SMILES string of the molecule is CCC(NC(=O)c1ccc(F)cc1Cl)/C(N)=N/O. The van der Waals surface area contributed by atoms with Crippen molar-refractivity contribution in [3.05, 3.63) is 34.6 Å². The zero-order valence-corrected chi connectivity index (χ0v) is 10.4. The zero-order valence-electron chi connectivity index (χ0n) is 9.65. The molecule has 1 amide bonds. The van der Waals surface area contributed by atoms with Gasteiger partial charge in [0.15, 0.2) is 5.84 Å². The van der Waals surface area contributed by atoms with Crippen LogP contribution in [0.3, 0.4) is 0 Å². The number of nitrogens with one attached hydrogen (secondary N) is 1. The zero-order chi connectivity index (χ0) is 13.7. The molecular weight excluding hydrogens is 261 g/mol. The van der Waals surface area contributed by atoms with Crippen LogP contribution < -0.4 is 11.1 Å². The van der Waals surface area contributed by atoms with Crippen molar-refractivity contribution in [2.24, 2.45) is 10.9 Å². The molecular formula is C11H13ClFN3O2. The first-order valence-electron chi connectivity index (χ1n) is 5.23. The summed E-state index contributed by atoms with van der Waals surface area (Å²) in [5.41, 5.74) is 5.54. The van der Waals surface area contributed by atoms with E-state index in [-0.39, 0.29) is 16.4 Å². The number of halogens is 2. The molecule has 4 N–H and O–H groups in total. The Morgan fingerprint density at radius 1 is 1.67 bits per heavy atom. The van der Waals surface area contributed by atoms with Crippen molar-refractivity contribution >= 4 is 23.3 Å². The fourth-order valence-electron chi connectivity index (χ4n) is 1.36. The Hall–Kier alpha value is -1.82. The second kappa shape index (κ2) is 6.20. The molecule has 5 nitrogen and oxygen atoms in total. The van der Waals surface area contributed by atoms with Gasteiger partial charge in [-0.15, -0.1) is 0 Å². The van der Waals surface area contributed by atoms with Crippen LogP contribution in [-0.4, -0.2) is 23.0 Å². The van der Waals surface area contributed by atoms with Crippen molar-refractivity contribution in [2.75, 3.05) is 0 Å². The van der Waals surface area contributed by atoms with Gasteiger partial charge in [-0.3, -0.25) is 4.79 Å². The predicted molar refractivity (Wildman–Crippen MR) is 66.4 cm³/mol. The van der Waals surface area contributed by atoms with E-state index in [0.29, 0.717) is 6.42 Å². The van der Waals surface area contributed by atoms with Gasteiger partial charge in [-0.25, -0.2) is 4.39 Å². The van der Waals surface area contributed by atoms with E-state index in [1.807, 2.05) is 0 Å². The number of benzene rings is 1. The van der Waals surface area contributed by atoms with E-state index in [0.717, 1.165) is 12.1 Å². The predicted octanol–water partition coefficient (Wildman–Crippen LogP) is 1.73. The molecule has 1 rings (SSSR count). The molecule has 0 aromatic heterocycles. The van der Waals surface area contributed by atoms with Crippen LogP contribution in [0.5, 0.6) is 0 Å². The lowest BCUT2D eigenvalue weighted by Crippen LogP contribution is -2.44. The summed E-state index contributed by atoms with van der Waals surface area (Å²) in [6.07, 6.45) is 0.445. The number of nitrogens with two attached hydrogens (primary N) is 1. The first kappa shape index (κ1) is 14.2. The van der Waals surface area contributed by atoms with Crippen molar-refractivity contribution in [2.45, 2.75) is 19.4 Å². The van der Waals surface area contributed by atoms with Crippen LogP contribution in [0.15, 0.2) is 23.4 Å². The van der Waals surface area contributed by atoms with Gasteiger partial charge in [0.2, 0.25) is 0 Å². The maximum atomic E-state index is 12.8. The fraction of sp³-hybridized carbons (Fsp3) is 0.273.